The second-order valence-corrected chi connectivity index (χ2v) is 4.41. The molecule has 0 bridgehead atoms. The van der Waals surface area contributed by atoms with Crippen LogP contribution in [-0.4, -0.2) is 9.97 Å². The lowest BCUT2D eigenvalue weighted by Crippen LogP contribution is -1.95. The van der Waals surface area contributed by atoms with E-state index < -0.39 is 0 Å². The summed E-state index contributed by atoms with van der Waals surface area (Å²) >= 11 is 9.27. The van der Waals surface area contributed by atoms with E-state index in [1.807, 2.05) is 18.2 Å². The summed E-state index contributed by atoms with van der Waals surface area (Å²) in [6, 6.07) is 7.37. The van der Waals surface area contributed by atoms with Gasteiger partial charge in [0, 0.05) is 10.2 Å². The van der Waals surface area contributed by atoms with Gasteiger partial charge < -0.3 is 5.32 Å². The fraction of sp³-hybridized carbons (Fsp3) is 0. The van der Waals surface area contributed by atoms with Crippen molar-refractivity contribution in [3.05, 3.63) is 45.8 Å². The molecule has 0 spiro atoms. The highest BCUT2D eigenvalue weighted by Gasteiger charge is 2.01. The number of benzene rings is 1. The quantitative estimate of drug-likeness (QED) is 0.922. The molecule has 2 rings (SSSR count). The van der Waals surface area contributed by atoms with Gasteiger partial charge >= 0.3 is 0 Å². The maximum atomic E-state index is 8.59. The number of rotatable bonds is 2. The zero-order valence-electron chi connectivity index (χ0n) is 8.48. The van der Waals surface area contributed by atoms with Gasteiger partial charge in [0.2, 0.25) is 0 Å². The molecule has 0 atom stereocenters. The van der Waals surface area contributed by atoms with E-state index in [0.29, 0.717) is 10.8 Å². The Labute approximate surface area is 111 Å². The van der Waals surface area contributed by atoms with Crippen LogP contribution in [0.4, 0.5) is 11.5 Å². The second kappa shape index (κ2) is 5.13. The van der Waals surface area contributed by atoms with Gasteiger partial charge in [0.05, 0.1) is 17.4 Å². The molecule has 2 aromatic rings. The molecular weight excluding hydrogens is 304 g/mol. The zero-order valence-corrected chi connectivity index (χ0v) is 10.8. The summed E-state index contributed by atoms with van der Waals surface area (Å²) in [6.07, 6.45) is 2.90. The average molecular weight is 310 g/mol. The van der Waals surface area contributed by atoms with Crippen LogP contribution in [0.2, 0.25) is 5.02 Å². The van der Waals surface area contributed by atoms with Crippen LogP contribution in [0.25, 0.3) is 0 Å². The number of nitrogens with zero attached hydrogens (tertiary/aromatic N) is 3. The van der Waals surface area contributed by atoms with Gasteiger partial charge in [-0.15, -0.1) is 0 Å². The van der Waals surface area contributed by atoms with Crippen molar-refractivity contribution in [2.45, 2.75) is 0 Å². The fourth-order valence-electron chi connectivity index (χ4n) is 1.17. The van der Waals surface area contributed by atoms with Crippen LogP contribution in [0.5, 0.6) is 0 Å². The first kappa shape index (κ1) is 11.8. The predicted octanol–water partition coefficient (Wildman–Crippen LogP) is 3.51. The van der Waals surface area contributed by atoms with E-state index in [1.165, 1.54) is 12.4 Å². The second-order valence-electron chi connectivity index (χ2n) is 3.15. The van der Waals surface area contributed by atoms with Crippen LogP contribution in [0.3, 0.4) is 0 Å². The molecule has 4 nitrogen and oxygen atoms in total. The molecule has 84 valence electrons. The van der Waals surface area contributed by atoms with E-state index in [2.05, 4.69) is 31.2 Å². The Morgan fingerprint density at radius 3 is 2.71 bits per heavy atom. The Hall–Kier alpha value is -1.64. The van der Waals surface area contributed by atoms with Crippen molar-refractivity contribution in [2.75, 3.05) is 5.32 Å². The first-order chi connectivity index (χ1) is 8.19. The number of hydrogen-bond donors (Lipinski definition) is 1. The Bertz CT molecular complexity index is 577. The van der Waals surface area contributed by atoms with Crippen molar-refractivity contribution >= 4 is 39.0 Å². The molecule has 0 saturated heterocycles. The number of aromatic nitrogens is 2. The summed E-state index contributed by atoms with van der Waals surface area (Å²) in [5, 5.41) is 12.2. The van der Waals surface area contributed by atoms with Gasteiger partial charge in [-0.05, 0) is 34.1 Å². The monoisotopic (exact) mass is 308 g/mol. The van der Waals surface area contributed by atoms with Crippen LogP contribution in [-0.2, 0) is 0 Å². The topological polar surface area (TPSA) is 61.6 Å². The Morgan fingerprint density at radius 2 is 2.12 bits per heavy atom. The Morgan fingerprint density at radius 1 is 1.29 bits per heavy atom. The minimum absolute atomic E-state index is 0.282. The third-order valence-corrected chi connectivity index (χ3v) is 3.19. The number of hydrogen-bond acceptors (Lipinski definition) is 4. The normalized spacial score (nSPS) is 9.71. The summed E-state index contributed by atoms with van der Waals surface area (Å²) in [6.45, 7) is 0. The Kier molecular flexibility index (Phi) is 3.57. The molecule has 0 saturated carbocycles. The molecule has 1 aromatic heterocycles. The minimum atomic E-state index is 0.282. The van der Waals surface area contributed by atoms with Gasteiger partial charge in [-0.1, -0.05) is 11.6 Å². The average Bonchev–Trinajstić information content (AvgIpc) is 2.35. The van der Waals surface area contributed by atoms with Crippen molar-refractivity contribution in [3.63, 3.8) is 0 Å². The van der Waals surface area contributed by atoms with Gasteiger partial charge in [0.15, 0.2) is 5.69 Å². The summed E-state index contributed by atoms with van der Waals surface area (Å²) in [5.41, 5.74) is 1.08. The van der Waals surface area contributed by atoms with Crippen molar-refractivity contribution in [1.82, 2.24) is 9.97 Å². The van der Waals surface area contributed by atoms with Gasteiger partial charge in [-0.3, -0.25) is 0 Å². The third kappa shape index (κ3) is 2.93. The standard InChI is InChI=1S/C11H6BrClN4/c12-9-2-1-7(3-10(9)13)17-11-6-15-8(4-14)5-16-11/h1-3,5-6H,(H,16,17). The molecule has 17 heavy (non-hydrogen) atoms. The molecule has 6 heteroatoms. The van der Waals surface area contributed by atoms with Crippen molar-refractivity contribution in [1.29, 1.82) is 5.26 Å². The lowest BCUT2D eigenvalue weighted by Gasteiger charge is -2.05. The molecule has 0 aliphatic carbocycles. The van der Waals surface area contributed by atoms with E-state index in [9.17, 15) is 0 Å². The highest BCUT2D eigenvalue weighted by Crippen LogP contribution is 2.26. The van der Waals surface area contributed by atoms with Crippen molar-refractivity contribution in [2.24, 2.45) is 0 Å². The largest absolute Gasteiger partial charge is 0.339 e. The minimum Gasteiger partial charge on any atom is -0.339 e. The van der Waals surface area contributed by atoms with Crippen LogP contribution in [0.1, 0.15) is 5.69 Å². The molecule has 0 radical (unpaired) electrons. The van der Waals surface area contributed by atoms with E-state index in [0.717, 1.165) is 10.2 Å². The third-order valence-electron chi connectivity index (χ3n) is 1.96. The zero-order chi connectivity index (χ0) is 12.3. The maximum absolute atomic E-state index is 8.59. The number of halogens is 2. The smallest absolute Gasteiger partial charge is 0.158 e. The van der Waals surface area contributed by atoms with E-state index >= 15 is 0 Å². The molecule has 1 N–H and O–H groups in total. The molecule has 0 amide bonds. The van der Waals surface area contributed by atoms with Crippen LogP contribution in [0.15, 0.2) is 35.1 Å². The highest BCUT2D eigenvalue weighted by molar-refractivity contribution is 9.10. The number of nitriles is 1. The van der Waals surface area contributed by atoms with Gasteiger partial charge in [-0.2, -0.15) is 5.26 Å². The Balaban J connectivity index is 2.20. The van der Waals surface area contributed by atoms with E-state index in [-0.39, 0.29) is 5.69 Å². The fourth-order valence-corrected chi connectivity index (χ4v) is 1.60. The van der Waals surface area contributed by atoms with Gasteiger partial charge in [0.1, 0.15) is 11.9 Å². The molecule has 0 aliphatic rings. The highest BCUT2D eigenvalue weighted by atomic mass is 79.9. The summed E-state index contributed by atoms with van der Waals surface area (Å²) in [7, 11) is 0. The van der Waals surface area contributed by atoms with Crippen LogP contribution < -0.4 is 5.32 Å². The number of nitrogens with one attached hydrogen (secondary N) is 1. The molecule has 0 aliphatic heterocycles. The van der Waals surface area contributed by atoms with E-state index in [1.54, 1.807) is 6.07 Å². The molecule has 0 unspecified atom stereocenters. The van der Waals surface area contributed by atoms with Gasteiger partial charge in [0.25, 0.3) is 0 Å². The van der Waals surface area contributed by atoms with Gasteiger partial charge in [-0.25, -0.2) is 9.97 Å². The SMILES string of the molecule is N#Cc1cnc(Nc2ccc(Br)c(Cl)c2)cn1. The van der Waals surface area contributed by atoms with Crippen molar-refractivity contribution in [3.8, 4) is 6.07 Å². The van der Waals surface area contributed by atoms with Crippen molar-refractivity contribution < 1.29 is 0 Å². The maximum Gasteiger partial charge on any atom is 0.158 e. The molecule has 0 fully saturated rings. The van der Waals surface area contributed by atoms with Crippen LogP contribution >= 0.6 is 27.5 Å². The molecular formula is C11H6BrClN4. The molecule has 1 heterocycles. The summed E-state index contributed by atoms with van der Waals surface area (Å²) in [5.74, 6) is 0.558. The first-order valence-electron chi connectivity index (χ1n) is 4.63. The van der Waals surface area contributed by atoms with E-state index in [4.69, 9.17) is 16.9 Å². The summed E-state index contributed by atoms with van der Waals surface area (Å²) in [4.78, 5) is 7.95. The summed E-state index contributed by atoms with van der Waals surface area (Å²) < 4.78 is 0.829. The first-order valence-corrected chi connectivity index (χ1v) is 5.80. The lowest BCUT2D eigenvalue weighted by molar-refractivity contribution is 1.16. The predicted molar refractivity (Wildman–Crippen MR) is 69.2 cm³/mol. The van der Waals surface area contributed by atoms with Crippen LogP contribution in [0, 0.1) is 11.3 Å². The lowest BCUT2D eigenvalue weighted by atomic mass is 10.3. The molecule has 1 aromatic carbocycles. The number of anilines is 2.